The van der Waals surface area contributed by atoms with Crippen molar-refractivity contribution < 1.29 is 13.0 Å². The third-order valence-electron chi connectivity index (χ3n) is 5.45. The number of benzene rings is 2. The first-order chi connectivity index (χ1) is 11.2. The van der Waals surface area contributed by atoms with Crippen LogP contribution in [0.3, 0.4) is 0 Å². The van der Waals surface area contributed by atoms with Gasteiger partial charge in [0.05, 0.1) is 5.75 Å². The molecule has 4 nitrogen and oxygen atoms in total. The van der Waals surface area contributed by atoms with E-state index in [0.717, 1.165) is 13.0 Å². The molecule has 1 aliphatic rings. The smallest absolute Gasteiger partial charge is 0.264 e. The zero-order valence-corrected chi connectivity index (χ0v) is 15.3. The molecule has 2 aromatic rings. The van der Waals surface area contributed by atoms with Gasteiger partial charge >= 0.3 is 0 Å². The SMILES string of the molecule is CC1N(CCCCS(=O)(=O)O)c2c(ccc3ccccc23)C1(C)C. The molecule has 0 aliphatic carbocycles. The Hall–Kier alpha value is -1.59. The van der Waals surface area contributed by atoms with Gasteiger partial charge in [-0.05, 0) is 30.7 Å². The predicted molar refractivity (Wildman–Crippen MR) is 99.4 cm³/mol. The molecule has 1 heterocycles. The summed E-state index contributed by atoms with van der Waals surface area (Å²) < 4.78 is 30.7. The highest BCUT2D eigenvalue weighted by Crippen LogP contribution is 2.48. The Labute approximate surface area is 144 Å². The van der Waals surface area contributed by atoms with Crippen molar-refractivity contribution in [1.82, 2.24) is 0 Å². The van der Waals surface area contributed by atoms with Crippen LogP contribution in [0.25, 0.3) is 10.8 Å². The zero-order valence-electron chi connectivity index (χ0n) is 14.5. The van der Waals surface area contributed by atoms with Crippen molar-refractivity contribution >= 4 is 26.6 Å². The molecular weight excluding hydrogens is 322 g/mol. The zero-order chi connectivity index (χ0) is 17.5. The Kier molecular flexibility index (Phi) is 4.34. The Bertz CT molecular complexity index is 858. The van der Waals surface area contributed by atoms with Crippen molar-refractivity contribution in [1.29, 1.82) is 0 Å². The first kappa shape index (κ1) is 17.2. The van der Waals surface area contributed by atoms with Crippen molar-refractivity contribution in [3.63, 3.8) is 0 Å². The second-order valence-electron chi connectivity index (χ2n) is 7.27. The van der Waals surface area contributed by atoms with Gasteiger partial charge in [0.2, 0.25) is 0 Å². The van der Waals surface area contributed by atoms with Crippen LogP contribution >= 0.6 is 0 Å². The lowest BCUT2D eigenvalue weighted by Crippen LogP contribution is -2.39. The second-order valence-corrected chi connectivity index (χ2v) is 8.84. The van der Waals surface area contributed by atoms with E-state index in [9.17, 15) is 8.42 Å². The maximum atomic E-state index is 10.9. The molecule has 0 fully saturated rings. The van der Waals surface area contributed by atoms with Gasteiger partial charge in [0.25, 0.3) is 10.1 Å². The van der Waals surface area contributed by atoms with E-state index >= 15 is 0 Å². The molecule has 2 aromatic carbocycles. The molecule has 130 valence electrons. The van der Waals surface area contributed by atoms with Gasteiger partial charge in [0.1, 0.15) is 0 Å². The second kappa shape index (κ2) is 6.05. The summed E-state index contributed by atoms with van der Waals surface area (Å²) in [7, 11) is -3.87. The van der Waals surface area contributed by atoms with E-state index in [2.05, 4.69) is 62.1 Å². The third kappa shape index (κ3) is 3.03. The molecule has 0 saturated heterocycles. The fraction of sp³-hybridized carbons (Fsp3) is 0.474. The first-order valence-electron chi connectivity index (χ1n) is 8.46. The Balaban J connectivity index is 1.93. The fourth-order valence-electron chi connectivity index (χ4n) is 3.76. The molecule has 24 heavy (non-hydrogen) atoms. The molecule has 0 aromatic heterocycles. The van der Waals surface area contributed by atoms with Crippen LogP contribution in [0.1, 0.15) is 39.2 Å². The highest BCUT2D eigenvalue weighted by Gasteiger charge is 2.42. The normalized spacial score (nSPS) is 19.7. The van der Waals surface area contributed by atoms with Gasteiger partial charge in [0, 0.05) is 29.1 Å². The number of unbranched alkanes of at least 4 members (excludes halogenated alkanes) is 1. The van der Waals surface area contributed by atoms with Gasteiger partial charge in [0.15, 0.2) is 0 Å². The Morgan fingerprint density at radius 3 is 2.54 bits per heavy atom. The van der Waals surface area contributed by atoms with Crippen LogP contribution in [-0.4, -0.2) is 31.3 Å². The van der Waals surface area contributed by atoms with Crippen LogP contribution in [0, 0.1) is 0 Å². The van der Waals surface area contributed by atoms with Crippen molar-refractivity contribution in [2.45, 2.75) is 45.1 Å². The summed E-state index contributed by atoms with van der Waals surface area (Å²) in [5.41, 5.74) is 2.67. The van der Waals surface area contributed by atoms with Crippen LogP contribution in [0.15, 0.2) is 36.4 Å². The van der Waals surface area contributed by atoms with Crippen LogP contribution in [0.4, 0.5) is 5.69 Å². The average Bonchev–Trinajstić information content (AvgIpc) is 2.71. The molecule has 0 radical (unpaired) electrons. The molecule has 5 heteroatoms. The molecule has 1 aliphatic heterocycles. The summed E-state index contributed by atoms with van der Waals surface area (Å²) >= 11 is 0. The summed E-state index contributed by atoms with van der Waals surface area (Å²) in [6, 6.07) is 13.2. The van der Waals surface area contributed by atoms with Crippen LogP contribution in [0.2, 0.25) is 0 Å². The van der Waals surface area contributed by atoms with Gasteiger partial charge in [-0.2, -0.15) is 8.42 Å². The number of anilines is 1. The number of rotatable bonds is 5. The quantitative estimate of drug-likeness (QED) is 0.656. The highest BCUT2D eigenvalue weighted by atomic mass is 32.2. The Morgan fingerprint density at radius 2 is 1.83 bits per heavy atom. The maximum absolute atomic E-state index is 10.9. The minimum atomic E-state index is -3.87. The largest absolute Gasteiger partial charge is 0.367 e. The lowest BCUT2D eigenvalue weighted by molar-refractivity contribution is 0.437. The molecule has 0 amide bonds. The van der Waals surface area contributed by atoms with E-state index in [4.69, 9.17) is 4.55 Å². The summed E-state index contributed by atoms with van der Waals surface area (Å²) in [6.45, 7) is 7.56. The van der Waals surface area contributed by atoms with Gasteiger partial charge < -0.3 is 4.90 Å². The molecule has 0 spiro atoms. The average molecular weight is 347 g/mol. The summed E-state index contributed by atoms with van der Waals surface area (Å²) in [5.74, 6) is -0.166. The maximum Gasteiger partial charge on any atom is 0.264 e. The van der Waals surface area contributed by atoms with E-state index in [1.807, 2.05) is 0 Å². The van der Waals surface area contributed by atoms with Gasteiger partial charge in [-0.1, -0.05) is 50.2 Å². The number of nitrogens with zero attached hydrogens (tertiary/aromatic N) is 1. The lowest BCUT2D eigenvalue weighted by Gasteiger charge is -2.31. The summed E-state index contributed by atoms with van der Waals surface area (Å²) in [4.78, 5) is 2.40. The van der Waals surface area contributed by atoms with Crippen molar-refractivity contribution in [3.05, 3.63) is 42.0 Å². The van der Waals surface area contributed by atoms with Crippen molar-refractivity contribution in [2.75, 3.05) is 17.2 Å². The fourth-order valence-corrected chi connectivity index (χ4v) is 4.33. The van der Waals surface area contributed by atoms with E-state index < -0.39 is 10.1 Å². The van der Waals surface area contributed by atoms with Gasteiger partial charge in [-0.25, -0.2) is 0 Å². The Morgan fingerprint density at radius 1 is 1.12 bits per heavy atom. The van der Waals surface area contributed by atoms with Gasteiger partial charge in [-0.15, -0.1) is 0 Å². The molecule has 1 N–H and O–H groups in total. The van der Waals surface area contributed by atoms with Crippen LogP contribution < -0.4 is 4.90 Å². The standard InChI is InChI=1S/C19H25NO3S/c1-14-19(2,3)17-11-10-15-8-4-5-9-16(15)18(17)20(14)12-6-7-13-24(21,22)23/h4-5,8-11,14H,6-7,12-13H2,1-3H3,(H,21,22,23). The van der Waals surface area contributed by atoms with E-state index in [0.29, 0.717) is 12.5 Å². The van der Waals surface area contributed by atoms with Crippen molar-refractivity contribution in [2.24, 2.45) is 0 Å². The minimum Gasteiger partial charge on any atom is -0.367 e. The predicted octanol–water partition coefficient (Wildman–Crippen LogP) is 3.99. The molecule has 3 rings (SSSR count). The molecule has 1 unspecified atom stereocenters. The van der Waals surface area contributed by atoms with Crippen molar-refractivity contribution in [3.8, 4) is 0 Å². The summed E-state index contributed by atoms with van der Waals surface area (Å²) in [6.07, 6.45) is 1.21. The number of hydrogen-bond donors (Lipinski definition) is 1. The number of hydrogen-bond acceptors (Lipinski definition) is 3. The lowest BCUT2D eigenvalue weighted by atomic mass is 9.81. The van der Waals surface area contributed by atoms with Gasteiger partial charge in [-0.3, -0.25) is 4.55 Å². The van der Waals surface area contributed by atoms with E-state index in [1.54, 1.807) is 0 Å². The van der Waals surface area contributed by atoms with E-state index in [1.165, 1.54) is 22.0 Å². The molecule has 0 saturated carbocycles. The first-order valence-corrected chi connectivity index (χ1v) is 10.1. The van der Waals surface area contributed by atoms with Crippen LogP contribution in [-0.2, 0) is 15.5 Å². The number of fused-ring (bicyclic) bond motifs is 3. The van der Waals surface area contributed by atoms with Crippen LogP contribution in [0.5, 0.6) is 0 Å². The third-order valence-corrected chi connectivity index (χ3v) is 6.25. The highest BCUT2D eigenvalue weighted by molar-refractivity contribution is 7.85. The molecule has 0 bridgehead atoms. The monoisotopic (exact) mass is 347 g/mol. The molecule has 1 atom stereocenters. The van der Waals surface area contributed by atoms with E-state index in [-0.39, 0.29) is 11.2 Å². The minimum absolute atomic E-state index is 0.0441. The summed E-state index contributed by atoms with van der Waals surface area (Å²) in [5, 5.41) is 2.48. The topological polar surface area (TPSA) is 57.6 Å². The molecular formula is C19H25NO3S.